The second-order valence-corrected chi connectivity index (χ2v) is 9.67. The van der Waals surface area contributed by atoms with Crippen LogP contribution in [-0.4, -0.2) is 23.2 Å². The first-order valence-electron chi connectivity index (χ1n) is 13.0. The molecule has 0 atom stereocenters. The van der Waals surface area contributed by atoms with Crippen LogP contribution in [0.2, 0.25) is 0 Å². The van der Waals surface area contributed by atoms with E-state index in [2.05, 4.69) is 48.9 Å². The normalized spacial score (nSPS) is 11.1. The quantitative estimate of drug-likeness (QED) is 0.166. The summed E-state index contributed by atoms with van der Waals surface area (Å²) in [5, 5.41) is 4.11. The van der Waals surface area contributed by atoms with Crippen molar-refractivity contribution in [3.8, 4) is 34.0 Å². The van der Waals surface area contributed by atoms with E-state index < -0.39 is 0 Å². The lowest BCUT2D eigenvalue weighted by molar-refractivity contribution is 0.305. The van der Waals surface area contributed by atoms with E-state index in [1.165, 1.54) is 38.5 Å². The maximum Gasteiger partial charge on any atom is 0.119 e. The second-order valence-electron chi connectivity index (χ2n) is 8.93. The summed E-state index contributed by atoms with van der Waals surface area (Å²) in [6.07, 6.45) is 9.63. The minimum Gasteiger partial charge on any atom is -0.494 e. The van der Waals surface area contributed by atoms with Crippen molar-refractivity contribution in [2.24, 2.45) is 0 Å². The zero-order valence-corrected chi connectivity index (χ0v) is 21.8. The van der Waals surface area contributed by atoms with Crippen molar-refractivity contribution < 1.29 is 9.47 Å². The molecule has 0 N–H and O–H groups in total. The third-order valence-corrected chi connectivity index (χ3v) is 6.82. The lowest BCUT2D eigenvalue weighted by Gasteiger charge is -2.12. The van der Waals surface area contributed by atoms with E-state index in [1.54, 1.807) is 11.3 Å². The van der Waals surface area contributed by atoms with E-state index >= 15 is 0 Å². The van der Waals surface area contributed by atoms with Gasteiger partial charge in [0.05, 0.1) is 24.6 Å². The highest BCUT2D eigenvalue weighted by Gasteiger charge is 2.14. The number of thiophene rings is 1. The monoisotopic (exact) mass is 488 g/mol. The van der Waals surface area contributed by atoms with E-state index in [0.717, 1.165) is 71.1 Å². The Morgan fingerprint density at radius 2 is 1.00 bits per heavy atom. The van der Waals surface area contributed by atoms with Crippen LogP contribution in [0.1, 0.15) is 65.2 Å². The Kier molecular flexibility index (Phi) is 9.53. The van der Waals surface area contributed by atoms with Crippen molar-refractivity contribution >= 4 is 22.4 Å². The van der Waals surface area contributed by atoms with Crippen LogP contribution in [0.4, 0.5) is 0 Å². The predicted molar refractivity (Wildman–Crippen MR) is 148 cm³/mol. The molecule has 0 unspecified atom stereocenters. The SMILES string of the molecule is CCCCCCOc1ccc(-c2nc3cscc3nc2-c2ccc(OCCCCCC)cc2)cc1. The van der Waals surface area contributed by atoms with Gasteiger partial charge in [0.15, 0.2) is 0 Å². The Hall–Kier alpha value is -2.92. The molecule has 0 saturated heterocycles. The van der Waals surface area contributed by atoms with Gasteiger partial charge in [0, 0.05) is 21.9 Å². The fourth-order valence-electron chi connectivity index (χ4n) is 4.06. The van der Waals surface area contributed by atoms with E-state index in [1.807, 2.05) is 24.3 Å². The molecule has 2 heterocycles. The van der Waals surface area contributed by atoms with Gasteiger partial charge in [-0.3, -0.25) is 0 Å². The van der Waals surface area contributed by atoms with Gasteiger partial charge in [-0.15, -0.1) is 11.3 Å². The largest absolute Gasteiger partial charge is 0.494 e. The van der Waals surface area contributed by atoms with E-state index in [-0.39, 0.29) is 0 Å². The highest BCUT2D eigenvalue weighted by molar-refractivity contribution is 7.09. The van der Waals surface area contributed by atoms with Crippen molar-refractivity contribution in [1.82, 2.24) is 9.97 Å². The molecule has 0 bridgehead atoms. The highest BCUT2D eigenvalue weighted by Crippen LogP contribution is 2.33. The number of rotatable bonds is 14. The van der Waals surface area contributed by atoms with Crippen molar-refractivity contribution in [2.75, 3.05) is 13.2 Å². The molecule has 0 aliphatic carbocycles. The molecule has 0 amide bonds. The molecule has 5 heteroatoms. The minimum absolute atomic E-state index is 0.762. The number of ether oxygens (including phenoxy) is 2. The van der Waals surface area contributed by atoms with Gasteiger partial charge in [-0.25, -0.2) is 9.97 Å². The number of fused-ring (bicyclic) bond motifs is 1. The zero-order valence-electron chi connectivity index (χ0n) is 21.0. The molecule has 4 aromatic rings. The molecule has 0 aliphatic heterocycles. The summed E-state index contributed by atoms with van der Waals surface area (Å²) in [7, 11) is 0. The molecule has 0 spiro atoms. The predicted octanol–water partition coefficient (Wildman–Crippen LogP) is 8.94. The van der Waals surface area contributed by atoms with Gasteiger partial charge in [0.25, 0.3) is 0 Å². The molecule has 0 aliphatic rings. The van der Waals surface area contributed by atoms with Gasteiger partial charge in [0.1, 0.15) is 22.5 Å². The maximum absolute atomic E-state index is 5.93. The lowest BCUT2D eigenvalue weighted by atomic mass is 10.0. The van der Waals surface area contributed by atoms with Crippen LogP contribution < -0.4 is 9.47 Å². The van der Waals surface area contributed by atoms with Crippen LogP contribution in [0.3, 0.4) is 0 Å². The van der Waals surface area contributed by atoms with Crippen LogP contribution in [-0.2, 0) is 0 Å². The first-order chi connectivity index (χ1) is 17.3. The molecule has 4 rings (SSSR count). The Labute approximate surface area is 213 Å². The number of aromatic nitrogens is 2. The summed E-state index contributed by atoms with van der Waals surface area (Å²) in [4.78, 5) is 9.97. The van der Waals surface area contributed by atoms with Crippen molar-refractivity contribution in [3.05, 3.63) is 59.3 Å². The van der Waals surface area contributed by atoms with Crippen LogP contribution in [0, 0.1) is 0 Å². The highest BCUT2D eigenvalue weighted by atomic mass is 32.1. The second kappa shape index (κ2) is 13.2. The number of hydrogen-bond donors (Lipinski definition) is 0. The summed E-state index contributed by atoms with van der Waals surface area (Å²) >= 11 is 1.63. The van der Waals surface area contributed by atoms with Crippen LogP contribution in [0.5, 0.6) is 11.5 Å². The third kappa shape index (κ3) is 7.04. The van der Waals surface area contributed by atoms with Gasteiger partial charge in [-0.2, -0.15) is 0 Å². The molecule has 0 saturated carbocycles. The first-order valence-corrected chi connectivity index (χ1v) is 13.9. The summed E-state index contributed by atoms with van der Waals surface area (Å²) in [6.45, 7) is 5.97. The summed E-state index contributed by atoms with van der Waals surface area (Å²) in [5.74, 6) is 1.80. The van der Waals surface area contributed by atoms with E-state index in [9.17, 15) is 0 Å². The third-order valence-electron chi connectivity index (χ3n) is 6.10. The summed E-state index contributed by atoms with van der Waals surface area (Å²) < 4.78 is 11.9. The van der Waals surface area contributed by atoms with E-state index in [4.69, 9.17) is 19.4 Å². The van der Waals surface area contributed by atoms with Crippen molar-refractivity contribution in [1.29, 1.82) is 0 Å². The number of hydrogen-bond acceptors (Lipinski definition) is 5. The summed E-state index contributed by atoms with van der Waals surface area (Å²) in [5.41, 5.74) is 5.71. The number of unbranched alkanes of at least 4 members (excludes halogenated alkanes) is 6. The molecule has 184 valence electrons. The number of benzene rings is 2. The molecule has 2 aromatic heterocycles. The lowest BCUT2D eigenvalue weighted by Crippen LogP contribution is -1.98. The van der Waals surface area contributed by atoms with Gasteiger partial charge >= 0.3 is 0 Å². The standard InChI is InChI=1S/C30H36N2O2S/c1-3-5-7-9-19-33-25-15-11-23(12-16-25)29-30(32-28-22-35-21-27(28)31-29)24-13-17-26(18-14-24)34-20-10-8-6-4-2/h11-18,21-22H,3-10,19-20H2,1-2H3. The van der Waals surface area contributed by atoms with Crippen LogP contribution in [0.25, 0.3) is 33.5 Å². The Morgan fingerprint density at radius 3 is 1.40 bits per heavy atom. The van der Waals surface area contributed by atoms with Crippen LogP contribution >= 0.6 is 11.3 Å². The van der Waals surface area contributed by atoms with Gasteiger partial charge < -0.3 is 9.47 Å². The maximum atomic E-state index is 5.93. The first kappa shape index (κ1) is 25.2. The summed E-state index contributed by atoms with van der Waals surface area (Å²) in [6, 6.07) is 16.5. The van der Waals surface area contributed by atoms with E-state index in [0.29, 0.717) is 0 Å². The molecule has 0 fully saturated rings. The Morgan fingerprint density at radius 1 is 0.571 bits per heavy atom. The van der Waals surface area contributed by atoms with Crippen molar-refractivity contribution in [3.63, 3.8) is 0 Å². The average Bonchev–Trinajstić information content (AvgIpc) is 3.36. The molecule has 35 heavy (non-hydrogen) atoms. The molecule has 2 aromatic carbocycles. The fraction of sp³-hybridized carbons (Fsp3) is 0.400. The fourth-order valence-corrected chi connectivity index (χ4v) is 4.73. The van der Waals surface area contributed by atoms with Crippen molar-refractivity contribution in [2.45, 2.75) is 65.2 Å². The Balaban J connectivity index is 1.51. The average molecular weight is 489 g/mol. The zero-order chi connectivity index (χ0) is 24.3. The Bertz CT molecular complexity index is 1080. The van der Waals surface area contributed by atoms with Gasteiger partial charge in [-0.1, -0.05) is 52.4 Å². The molecule has 0 radical (unpaired) electrons. The topological polar surface area (TPSA) is 44.2 Å². The molecular weight excluding hydrogens is 452 g/mol. The van der Waals surface area contributed by atoms with Gasteiger partial charge in [-0.05, 0) is 61.4 Å². The smallest absolute Gasteiger partial charge is 0.119 e. The number of nitrogens with zero attached hydrogens (tertiary/aromatic N) is 2. The minimum atomic E-state index is 0.762. The molecule has 4 nitrogen and oxygen atoms in total. The molecular formula is C30H36N2O2S. The van der Waals surface area contributed by atoms with Gasteiger partial charge in [0.2, 0.25) is 0 Å². The van der Waals surface area contributed by atoms with Crippen LogP contribution in [0.15, 0.2) is 59.3 Å².